The molecular weight excluding hydrogens is 683 g/mol. The number of carbonyl (C=O) groups is 2. The number of halogens is 1. The zero-order valence-corrected chi connectivity index (χ0v) is 26.9. The van der Waals surface area contributed by atoms with Crippen molar-refractivity contribution in [3.63, 3.8) is 0 Å². The van der Waals surface area contributed by atoms with E-state index in [4.69, 9.17) is 14.2 Å². The fourth-order valence-electron chi connectivity index (χ4n) is 5.37. The Labute approximate surface area is 274 Å². The Hall–Kier alpha value is -4.68. The molecule has 1 aliphatic rings. The van der Waals surface area contributed by atoms with Gasteiger partial charge in [0.2, 0.25) is 11.8 Å². The highest BCUT2D eigenvalue weighted by atomic mass is 127. The summed E-state index contributed by atoms with van der Waals surface area (Å²) in [7, 11) is 3.15. The van der Waals surface area contributed by atoms with Crippen LogP contribution in [0.25, 0.3) is 10.9 Å². The summed E-state index contributed by atoms with van der Waals surface area (Å²) >= 11 is 2.21. The predicted molar refractivity (Wildman–Crippen MR) is 182 cm³/mol. The molecule has 4 aromatic carbocycles. The Morgan fingerprint density at radius 3 is 2.02 bits per heavy atom. The highest BCUT2D eigenvalue weighted by molar-refractivity contribution is 14.1. The largest absolute Gasteiger partial charge is 0.493 e. The van der Waals surface area contributed by atoms with Crippen LogP contribution in [0.1, 0.15) is 5.56 Å². The number of nitrogens with one attached hydrogen (secondary N) is 2. The summed E-state index contributed by atoms with van der Waals surface area (Å²) in [4.78, 5) is 33.9. The number of nitrogens with zero attached hydrogens (tertiary/aromatic N) is 2. The molecule has 0 bridgehead atoms. The van der Waals surface area contributed by atoms with Crippen molar-refractivity contribution in [2.24, 2.45) is 5.41 Å². The second-order valence-corrected chi connectivity index (χ2v) is 12.0. The molecule has 0 spiro atoms. The third-order valence-corrected chi connectivity index (χ3v) is 8.47. The van der Waals surface area contributed by atoms with Crippen LogP contribution in [0, 0.1) is 8.99 Å². The minimum atomic E-state index is -1.25. The van der Waals surface area contributed by atoms with Gasteiger partial charge in [-0.2, -0.15) is 0 Å². The molecule has 2 amide bonds. The summed E-state index contributed by atoms with van der Waals surface area (Å²) in [6.45, 7) is 1.25. The number of fused-ring (bicyclic) bond motifs is 1. The number of carbonyl (C=O) groups excluding carboxylic acids is 2. The van der Waals surface area contributed by atoms with E-state index in [2.05, 4.69) is 43.1 Å². The van der Waals surface area contributed by atoms with Crippen molar-refractivity contribution in [1.82, 2.24) is 9.88 Å². The Bertz CT molecular complexity index is 1830. The first-order valence-electron chi connectivity index (χ1n) is 14.3. The van der Waals surface area contributed by atoms with Crippen LogP contribution < -0.4 is 24.8 Å². The van der Waals surface area contributed by atoms with E-state index in [1.165, 1.54) is 0 Å². The van der Waals surface area contributed by atoms with Gasteiger partial charge in [-0.05, 0) is 88.8 Å². The van der Waals surface area contributed by atoms with Gasteiger partial charge in [0.15, 0.2) is 16.9 Å². The van der Waals surface area contributed by atoms with Crippen LogP contribution in [-0.4, -0.2) is 49.0 Å². The van der Waals surface area contributed by atoms with E-state index < -0.39 is 5.41 Å². The molecule has 0 unspecified atom stereocenters. The average molecular weight is 715 g/mol. The monoisotopic (exact) mass is 714 g/mol. The summed E-state index contributed by atoms with van der Waals surface area (Å²) in [5.41, 5.74) is 1.78. The number of rotatable bonds is 10. The Kier molecular flexibility index (Phi) is 8.85. The number of amides is 2. The summed E-state index contributed by atoms with van der Waals surface area (Å²) in [6.07, 6.45) is 1.67. The van der Waals surface area contributed by atoms with Crippen molar-refractivity contribution in [1.29, 1.82) is 0 Å². The number of pyridine rings is 1. The van der Waals surface area contributed by atoms with Crippen LogP contribution in [0.15, 0.2) is 103 Å². The van der Waals surface area contributed by atoms with Gasteiger partial charge in [0, 0.05) is 52.2 Å². The van der Waals surface area contributed by atoms with Crippen LogP contribution in [0.3, 0.4) is 0 Å². The number of anilines is 2. The zero-order chi connectivity index (χ0) is 31.4. The lowest BCUT2D eigenvalue weighted by Gasteiger charge is -2.47. The topological polar surface area (TPSA) is 102 Å². The molecule has 45 heavy (non-hydrogen) atoms. The lowest BCUT2D eigenvalue weighted by Crippen LogP contribution is -2.66. The number of benzene rings is 4. The van der Waals surface area contributed by atoms with E-state index in [1.807, 2.05) is 60.7 Å². The SMILES string of the molecule is COc1cc2nccc(Oc3ccc(NC(=O)C4(C(=O)Nc5ccc(I)cc5)CN(Cc5ccccc5)C4)cc3)c2cc1OC. The molecule has 6 rings (SSSR count). The predicted octanol–water partition coefficient (Wildman–Crippen LogP) is 6.73. The summed E-state index contributed by atoms with van der Waals surface area (Å²) in [6, 6.07) is 30.0. The summed E-state index contributed by atoms with van der Waals surface area (Å²) in [5, 5.41) is 6.69. The van der Waals surface area contributed by atoms with Crippen molar-refractivity contribution < 1.29 is 23.8 Å². The molecule has 1 fully saturated rings. The summed E-state index contributed by atoms with van der Waals surface area (Å²) in [5.74, 6) is 1.62. The Morgan fingerprint density at radius 2 is 1.40 bits per heavy atom. The lowest BCUT2D eigenvalue weighted by atomic mass is 9.77. The van der Waals surface area contributed by atoms with E-state index in [9.17, 15) is 9.59 Å². The molecule has 2 heterocycles. The lowest BCUT2D eigenvalue weighted by molar-refractivity contribution is -0.149. The molecular formula is C35H31IN4O5. The van der Waals surface area contributed by atoms with Gasteiger partial charge in [-0.3, -0.25) is 19.5 Å². The Morgan fingerprint density at radius 1 is 0.800 bits per heavy atom. The fourth-order valence-corrected chi connectivity index (χ4v) is 5.72. The van der Waals surface area contributed by atoms with Gasteiger partial charge in [0.25, 0.3) is 0 Å². The molecule has 0 aliphatic carbocycles. The first kappa shape index (κ1) is 30.4. The second kappa shape index (κ2) is 13.1. The highest BCUT2D eigenvalue weighted by Gasteiger charge is 2.55. The van der Waals surface area contributed by atoms with Crippen molar-refractivity contribution in [2.75, 3.05) is 37.9 Å². The van der Waals surface area contributed by atoms with E-state index in [0.29, 0.717) is 59.5 Å². The second-order valence-electron chi connectivity index (χ2n) is 10.8. The van der Waals surface area contributed by atoms with E-state index in [-0.39, 0.29) is 11.8 Å². The quantitative estimate of drug-likeness (QED) is 0.122. The molecule has 1 aliphatic heterocycles. The standard InChI is InChI=1S/C35H31IN4O5/c1-43-31-18-28-29(19-32(31)44-2)37-17-16-30(28)45-27-14-12-26(13-15-27)39-34(42)35(33(41)38-25-10-8-24(36)9-11-25)21-40(22-35)20-23-6-4-3-5-7-23/h3-19H,20-22H2,1-2H3,(H,38,41)(H,39,42). The number of methoxy groups -OCH3 is 2. The maximum absolute atomic E-state index is 13.8. The normalized spacial score (nSPS) is 13.8. The summed E-state index contributed by atoms with van der Waals surface area (Å²) < 4.78 is 18.1. The fraction of sp³-hybridized carbons (Fsp3) is 0.171. The van der Waals surface area contributed by atoms with Crippen LogP contribution in [0.5, 0.6) is 23.0 Å². The molecule has 0 atom stereocenters. The van der Waals surface area contributed by atoms with Gasteiger partial charge < -0.3 is 24.8 Å². The number of likely N-dealkylation sites (tertiary alicyclic amines) is 1. The number of ether oxygens (including phenoxy) is 3. The molecule has 1 aromatic heterocycles. The van der Waals surface area contributed by atoms with Crippen molar-refractivity contribution in [3.8, 4) is 23.0 Å². The molecule has 2 N–H and O–H groups in total. The molecule has 0 saturated carbocycles. The smallest absolute Gasteiger partial charge is 0.242 e. The van der Waals surface area contributed by atoms with Crippen molar-refractivity contribution in [2.45, 2.75) is 6.54 Å². The van der Waals surface area contributed by atoms with Crippen molar-refractivity contribution in [3.05, 3.63) is 112 Å². The number of hydrogen-bond acceptors (Lipinski definition) is 7. The third kappa shape index (κ3) is 6.57. The van der Waals surface area contributed by atoms with Gasteiger partial charge in [-0.25, -0.2) is 0 Å². The highest BCUT2D eigenvalue weighted by Crippen LogP contribution is 2.38. The molecule has 0 radical (unpaired) electrons. The van der Waals surface area contributed by atoms with E-state index in [1.54, 1.807) is 56.8 Å². The van der Waals surface area contributed by atoms with Crippen LogP contribution in [-0.2, 0) is 16.1 Å². The van der Waals surface area contributed by atoms with Gasteiger partial charge in [0.05, 0.1) is 19.7 Å². The average Bonchev–Trinajstić information content (AvgIpc) is 3.04. The number of aromatic nitrogens is 1. The maximum atomic E-state index is 13.8. The van der Waals surface area contributed by atoms with Gasteiger partial charge in [-0.1, -0.05) is 30.3 Å². The van der Waals surface area contributed by atoms with Crippen LogP contribution >= 0.6 is 22.6 Å². The van der Waals surface area contributed by atoms with Crippen LogP contribution in [0.2, 0.25) is 0 Å². The first-order chi connectivity index (χ1) is 21.9. The first-order valence-corrected chi connectivity index (χ1v) is 15.4. The van der Waals surface area contributed by atoms with Crippen molar-refractivity contribution >= 4 is 56.7 Å². The van der Waals surface area contributed by atoms with Crippen LogP contribution in [0.4, 0.5) is 11.4 Å². The zero-order valence-electron chi connectivity index (χ0n) is 24.7. The van der Waals surface area contributed by atoms with Gasteiger partial charge in [0.1, 0.15) is 11.5 Å². The number of hydrogen-bond donors (Lipinski definition) is 2. The molecule has 5 aromatic rings. The minimum absolute atomic E-state index is 0.300. The molecule has 10 heteroatoms. The van der Waals surface area contributed by atoms with Gasteiger partial charge >= 0.3 is 0 Å². The van der Waals surface area contributed by atoms with E-state index >= 15 is 0 Å². The molecule has 228 valence electrons. The molecule has 9 nitrogen and oxygen atoms in total. The van der Waals surface area contributed by atoms with E-state index in [0.717, 1.165) is 14.5 Å². The molecule has 1 saturated heterocycles. The van der Waals surface area contributed by atoms with Gasteiger partial charge in [-0.15, -0.1) is 0 Å². The Balaban J connectivity index is 1.18. The minimum Gasteiger partial charge on any atom is -0.493 e. The maximum Gasteiger partial charge on any atom is 0.242 e. The third-order valence-electron chi connectivity index (χ3n) is 7.75.